The molecule has 2 bridgehead atoms. The van der Waals surface area contributed by atoms with Crippen LogP contribution in [0.4, 0.5) is 13.2 Å². The van der Waals surface area contributed by atoms with Crippen LogP contribution >= 0.6 is 0 Å². The van der Waals surface area contributed by atoms with Crippen LogP contribution in [0.2, 0.25) is 0 Å². The van der Waals surface area contributed by atoms with Crippen molar-refractivity contribution in [2.45, 2.75) is 52.4 Å². The average molecular weight is 399 g/mol. The Morgan fingerprint density at radius 3 is 2.39 bits per heavy atom. The van der Waals surface area contributed by atoms with E-state index in [1.54, 1.807) is 0 Å². The molecule has 1 aliphatic heterocycles. The van der Waals surface area contributed by atoms with Crippen LogP contribution in [0.1, 0.15) is 50.4 Å². The number of carbonyl (C=O) groups is 2. The predicted molar refractivity (Wildman–Crippen MR) is 94.6 cm³/mol. The largest absolute Gasteiger partial charge is 0.573 e. The van der Waals surface area contributed by atoms with E-state index in [-0.39, 0.29) is 34.9 Å². The number of alkyl halides is 3. The second-order valence-corrected chi connectivity index (χ2v) is 8.88. The molecule has 1 aromatic rings. The third kappa shape index (κ3) is 4.77. The van der Waals surface area contributed by atoms with Crippen molar-refractivity contribution in [2.75, 3.05) is 13.2 Å². The van der Waals surface area contributed by atoms with E-state index in [4.69, 9.17) is 4.74 Å². The molecule has 1 saturated carbocycles. The van der Waals surface area contributed by atoms with E-state index in [2.05, 4.69) is 25.5 Å². The van der Waals surface area contributed by atoms with Gasteiger partial charge in [0, 0.05) is 12.6 Å². The highest BCUT2D eigenvalue weighted by molar-refractivity contribution is 5.91. The normalized spacial score (nSPS) is 26.1. The minimum absolute atomic E-state index is 0.0515. The molecule has 28 heavy (non-hydrogen) atoms. The summed E-state index contributed by atoms with van der Waals surface area (Å²) in [6.45, 7) is 6.87. The molecule has 0 radical (unpaired) electrons. The zero-order valence-corrected chi connectivity index (χ0v) is 16.1. The zero-order valence-electron chi connectivity index (χ0n) is 16.1. The minimum atomic E-state index is -4.80. The lowest BCUT2D eigenvalue weighted by Crippen LogP contribution is -2.39. The molecule has 154 valence electrons. The molecule has 2 atom stereocenters. The molecule has 8 heteroatoms. The summed E-state index contributed by atoms with van der Waals surface area (Å²) < 4.78 is 45.3. The van der Waals surface area contributed by atoms with E-state index in [0.717, 1.165) is 31.4 Å². The Bertz CT molecular complexity index is 760. The van der Waals surface area contributed by atoms with Gasteiger partial charge in [-0.25, -0.2) is 4.79 Å². The number of likely N-dealkylation sites (tertiary alicyclic amines) is 1. The summed E-state index contributed by atoms with van der Waals surface area (Å²) in [7, 11) is 0. The third-order valence-corrected chi connectivity index (χ3v) is 5.39. The summed E-state index contributed by atoms with van der Waals surface area (Å²) >= 11 is 0. The minimum Gasteiger partial charge on any atom is -0.452 e. The van der Waals surface area contributed by atoms with E-state index in [0.29, 0.717) is 6.54 Å². The van der Waals surface area contributed by atoms with Gasteiger partial charge in [-0.1, -0.05) is 20.8 Å². The Morgan fingerprint density at radius 1 is 1.14 bits per heavy atom. The molecule has 2 aliphatic rings. The summed E-state index contributed by atoms with van der Waals surface area (Å²) in [5.74, 6) is -1.43. The molecule has 1 amide bonds. The number of halogens is 3. The maximum absolute atomic E-state index is 12.6. The first-order chi connectivity index (χ1) is 12.9. The topological polar surface area (TPSA) is 55.8 Å². The number of amides is 1. The Morgan fingerprint density at radius 2 is 1.79 bits per heavy atom. The average Bonchev–Trinajstić information content (AvgIpc) is 2.80. The smallest absolute Gasteiger partial charge is 0.452 e. The van der Waals surface area contributed by atoms with Crippen molar-refractivity contribution in [1.82, 2.24) is 4.90 Å². The Labute approximate surface area is 161 Å². The van der Waals surface area contributed by atoms with Gasteiger partial charge in [0.15, 0.2) is 6.61 Å². The fraction of sp³-hybridized carbons (Fsp3) is 0.600. The van der Waals surface area contributed by atoms with Gasteiger partial charge in [-0.3, -0.25) is 4.79 Å². The lowest BCUT2D eigenvalue weighted by Gasteiger charge is -2.39. The maximum atomic E-state index is 12.6. The van der Waals surface area contributed by atoms with Crippen LogP contribution in [-0.4, -0.2) is 42.3 Å². The monoisotopic (exact) mass is 399 g/mol. The highest BCUT2D eigenvalue weighted by Gasteiger charge is 2.50. The van der Waals surface area contributed by atoms with Crippen LogP contribution in [0.5, 0.6) is 5.75 Å². The van der Waals surface area contributed by atoms with Crippen LogP contribution in [0, 0.1) is 10.8 Å². The highest BCUT2D eigenvalue weighted by Crippen LogP contribution is 2.52. The van der Waals surface area contributed by atoms with Crippen molar-refractivity contribution >= 4 is 11.9 Å². The van der Waals surface area contributed by atoms with Gasteiger partial charge in [-0.15, -0.1) is 13.2 Å². The van der Waals surface area contributed by atoms with Crippen LogP contribution in [0.3, 0.4) is 0 Å². The number of rotatable bonds is 4. The predicted octanol–water partition coefficient (Wildman–Crippen LogP) is 4.17. The van der Waals surface area contributed by atoms with Crippen LogP contribution in [-0.2, 0) is 9.53 Å². The molecule has 3 rings (SSSR count). The van der Waals surface area contributed by atoms with Gasteiger partial charge in [-0.05, 0) is 54.4 Å². The lowest BCUT2D eigenvalue weighted by molar-refractivity contribution is -0.274. The summed E-state index contributed by atoms with van der Waals surface area (Å²) in [6, 6.07) is 4.54. The van der Waals surface area contributed by atoms with Gasteiger partial charge < -0.3 is 14.4 Å². The third-order valence-electron chi connectivity index (χ3n) is 5.39. The number of carbonyl (C=O) groups excluding carboxylic acids is 2. The molecule has 2 fully saturated rings. The molecule has 5 nitrogen and oxygen atoms in total. The Balaban J connectivity index is 1.56. The van der Waals surface area contributed by atoms with Gasteiger partial charge in [0.25, 0.3) is 5.91 Å². The molecule has 0 unspecified atom stereocenters. The van der Waals surface area contributed by atoms with E-state index in [1.807, 2.05) is 4.90 Å². The number of fused-ring (bicyclic) bond motifs is 2. The Kier molecular flexibility index (Phi) is 5.10. The summed E-state index contributed by atoms with van der Waals surface area (Å²) in [4.78, 5) is 26.5. The quantitative estimate of drug-likeness (QED) is 0.713. The fourth-order valence-corrected chi connectivity index (χ4v) is 4.84. The first-order valence-corrected chi connectivity index (χ1v) is 9.18. The molecule has 0 spiro atoms. The van der Waals surface area contributed by atoms with E-state index in [9.17, 15) is 22.8 Å². The number of ether oxygens (including phenoxy) is 2. The lowest BCUT2D eigenvalue weighted by atomic mass is 9.65. The van der Waals surface area contributed by atoms with Crippen LogP contribution in [0.25, 0.3) is 0 Å². The van der Waals surface area contributed by atoms with E-state index in [1.165, 1.54) is 12.1 Å². The van der Waals surface area contributed by atoms with E-state index >= 15 is 0 Å². The van der Waals surface area contributed by atoms with Gasteiger partial charge in [0.05, 0.1) is 5.56 Å². The molecule has 1 saturated heterocycles. The van der Waals surface area contributed by atoms with Gasteiger partial charge >= 0.3 is 12.3 Å². The SMILES string of the molecule is CC1(C)C[C@@H]2C[C@@](C)(CN2C(=O)COC(=O)c2ccc(OC(F)(F)F)cc2)C1. The number of nitrogens with zero attached hydrogens (tertiary/aromatic N) is 1. The van der Waals surface area contributed by atoms with Crippen molar-refractivity contribution in [3.05, 3.63) is 29.8 Å². The second-order valence-electron chi connectivity index (χ2n) is 8.88. The first-order valence-electron chi connectivity index (χ1n) is 9.18. The number of hydrogen-bond donors (Lipinski definition) is 0. The van der Waals surface area contributed by atoms with Crippen molar-refractivity contribution in [3.63, 3.8) is 0 Å². The molecule has 1 aliphatic carbocycles. The zero-order chi connectivity index (χ0) is 20.7. The molecule has 1 aromatic carbocycles. The van der Waals surface area contributed by atoms with Crippen molar-refractivity contribution in [2.24, 2.45) is 10.8 Å². The van der Waals surface area contributed by atoms with Gasteiger partial charge in [0.2, 0.25) is 0 Å². The summed E-state index contributed by atoms with van der Waals surface area (Å²) in [5.41, 5.74) is 0.305. The van der Waals surface area contributed by atoms with Crippen molar-refractivity contribution < 1.29 is 32.2 Å². The number of benzene rings is 1. The highest BCUT2D eigenvalue weighted by atomic mass is 19.4. The van der Waals surface area contributed by atoms with Crippen molar-refractivity contribution in [3.8, 4) is 5.75 Å². The van der Waals surface area contributed by atoms with Crippen molar-refractivity contribution in [1.29, 1.82) is 0 Å². The maximum Gasteiger partial charge on any atom is 0.573 e. The Hall–Kier alpha value is -2.25. The molecular formula is C20H24F3NO4. The standard InChI is InChI=1S/C20H24F3NO4/c1-18(2)8-14-9-19(3,11-18)12-24(14)16(25)10-27-17(26)13-4-6-15(7-5-13)28-20(21,22)23/h4-7,14H,8-12H2,1-3H3/t14-,19-/m1/s1. The number of hydrogen-bond acceptors (Lipinski definition) is 4. The van der Waals surface area contributed by atoms with Crippen LogP contribution in [0.15, 0.2) is 24.3 Å². The van der Waals surface area contributed by atoms with Gasteiger partial charge in [-0.2, -0.15) is 0 Å². The second kappa shape index (κ2) is 6.97. The number of esters is 1. The van der Waals surface area contributed by atoms with Gasteiger partial charge in [0.1, 0.15) is 5.75 Å². The summed E-state index contributed by atoms with van der Waals surface area (Å²) in [6.07, 6.45) is -1.88. The first kappa shape index (κ1) is 20.5. The summed E-state index contributed by atoms with van der Waals surface area (Å²) in [5, 5.41) is 0. The molecule has 0 aromatic heterocycles. The molecule has 1 heterocycles. The van der Waals surface area contributed by atoms with E-state index < -0.39 is 18.1 Å². The van der Waals surface area contributed by atoms with Crippen LogP contribution < -0.4 is 4.74 Å². The fourth-order valence-electron chi connectivity index (χ4n) is 4.84. The molecular weight excluding hydrogens is 375 g/mol. The molecule has 0 N–H and O–H groups in total.